The first-order valence-electron chi connectivity index (χ1n) is 5.12. The second-order valence-electron chi connectivity index (χ2n) is 3.70. The van der Waals surface area contributed by atoms with Crippen LogP contribution in [0.15, 0.2) is 48.8 Å². The summed E-state index contributed by atoms with van der Waals surface area (Å²) in [6, 6.07) is 9.33. The van der Waals surface area contributed by atoms with E-state index >= 15 is 0 Å². The monoisotopic (exact) mass is 311 g/mol. The molecule has 0 saturated heterocycles. The van der Waals surface area contributed by atoms with E-state index in [4.69, 9.17) is 5.11 Å². The Morgan fingerprint density at radius 2 is 1.89 bits per heavy atom. The molecule has 94 valence electrons. The number of carbonyl (C=O) groups is 1. The fraction of sp³-hybridized carbons (Fsp3) is 0.0769. The van der Waals surface area contributed by atoms with Crippen molar-refractivity contribution in [3.05, 3.63) is 65.7 Å². The zero-order valence-electron chi connectivity index (χ0n) is 9.38. The molecule has 5 heteroatoms. The van der Waals surface area contributed by atoms with Crippen LogP contribution in [0, 0.1) is 5.82 Å². The number of carboxylic acid groups (broad SMARTS) is 1. The van der Waals surface area contributed by atoms with E-state index < -0.39 is 5.97 Å². The first-order chi connectivity index (χ1) is 8.15. The van der Waals surface area contributed by atoms with Gasteiger partial charge in [-0.25, -0.2) is 9.18 Å². The molecule has 0 atom stereocenters. The SMILES string of the molecule is O=C(O)c1ccc[n+](Cc2ccc(F)cc2)c1.[Br-]. The zero-order valence-corrected chi connectivity index (χ0v) is 11.0. The highest BCUT2D eigenvalue weighted by atomic mass is 79.9. The topological polar surface area (TPSA) is 41.2 Å². The Bertz CT molecular complexity index is 543. The van der Waals surface area contributed by atoms with E-state index in [1.54, 1.807) is 35.2 Å². The summed E-state index contributed by atoms with van der Waals surface area (Å²) in [6.45, 7) is 0.515. The Kier molecular flexibility index (Phi) is 4.97. The van der Waals surface area contributed by atoms with Gasteiger partial charge in [-0.05, 0) is 30.3 Å². The van der Waals surface area contributed by atoms with Crippen LogP contribution < -0.4 is 21.5 Å². The Morgan fingerprint density at radius 1 is 1.22 bits per heavy atom. The number of aromatic nitrogens is 1. The maximum atomic E-state index is 12.7. The molecule has 0 spiro atoms. The predicted octanol–water partition coefficient (Wildman–Crippen LogP) is -1.14. The number of carboxylic acids is 1. The van der Waals surface area contributed by atoms with Gasteiger partial charge in [0.25, 0.3) is 0 Å². The number of halogens is 2. The molecule has 1 heterocycles. The summed E-state index contributed by atoms with van der Waals surface area (Å²) in [5.74, 6) is -1.24. The Balaban J connectivity index is 0.00000162. The smallest absolute Gasteiger partial charge is 0.341 e. The molecule has 2 rings (SSSR count). The van der Waals surface area contributed by atoms with Gasteiger partial charge in [0.2, 0.25) is 0 Å². The number of aromatic carboxylic acids is 1. The lowest BCUT2D eigenvalue weighted by atomic mass is 10.2. The molecule has 18 heavy (non-hydrogen) atoms. The molecule has 0 radical (unpaired) electrons. The van der Waals surface area contributed by atoms with Gasteiger partial charge in [0, 0.05) is 11.6 Å². The minimum atomic E-state index is -0.960. The molecule has 0 aliphatic carbocycles. The summed E-state index contributed by atoms with van der Waals surface area (Å²) < 4.78 is 14.5. The molecule has 0 unspecified atom stereocenters. The number of nitrogens with zero attached hydrogens (tertiary/aromatic N) is 1. The second-order valence-corrected chi connectivity index (χ2v) is 3.70. The maximum Gasteiger partial charge on any atom is 0.341 e. The third-order valence-corrected chi connectivity index (χ3v) is 2.38. The van der Waals surface area contributed by atoms with Crippen LogP contribution in [0.3, 0.4) is 0 Å². The largest absolute Gasteiger partial charge is 1.00 e. The zero-order chi connectivity index (χ0) is 12.3. The Morgan fingerprint density at radius 3 is 2.50 bits per heavy atom. The summed E-state index contributed by atoms with van der Waals surface area (Å²) in [4.78, 5) is 10.8. The van der Waals surface area contributed by atoms with E-state index in [0.29, 0.717) is 6.54 Å². The van der Waals surface area contributed by atoms with Gasteiger partial charge in [-0.1, -0.05) is 0 Å². The van der Waals surface area contributed by atoms with Crippen LogP contribution in [0.1, 0.15) is 15.9 Å². The lowest BCUT2D eigenvalue weighted by Gasteiger charge is -1.98. The second kappa shape index (κ2) is 6.26. The molecule has 0 fully saturated rings. The average Bonchev–Trinajstić information content (AvgIpc) is 2.32. The van der Waals surface area contributed by atoms with Crippen molar-refractivity contribution in [2.45, 2.75) is 6.54 Å². The highest BCUT2D eigenvalue weighted by Crippen LogP contribution is 2.02. The van der Waals surface area contributed by atoms with Crippen LogP contribution in [0.4, 0.5) is 4.39 Å². The normalized spacial score (nSPS) is 9.61. The maximum absolute atomic E-state index is 12.7. The number of hydrogen-bond acceptors (Lipinski definition) is 1. The summed E-state index contributed by atoms with van der Waals surface area (Å²) >= 11 is 0. The molecule has 1 aromatic carbocycles. The first kappa shape index (κ1) is 14.3. The Labute approximate surface area is 114 Å². The molecule has 2 aromatic rings. The van der Waals surface area contributed by atoms with E-state index in [2.05, 4.69) is 0 Å². The summed E-state index contributed by atoms with van der Waals surface area (Å²) in [6.07, 6.45) is 3.32. The molecule has 3 nitrogen and oxygen atoms in total. The van der Waals surface area contributed by atoms with Crippen molar-refractivity contribution >= 4 is 5.97 Å². The van der Waals surface area contributed by atoms with E-state index in [-0.39, 0.29) is 28.4 Å². The van der Waals surface area contributed by atoms with Crippen molar-refractivity contribution in [1.29, 1.82) is 0 Å². The quantitative estimate of drug-likeness (QED) is 0.728. The van der Waals surface area contributed by atoms with Gasteiger partial charge in [-0.2, -0.15) is 4.57 Å². The number of hydrogen-bond donors (Lipinski definition) is 1. The van der Waals surface area contributed by atoms with Crippen LogP contribution in [0.25, 0.3) is 0 Å². The molecule has 0 saturated carbocycles. The van der Waals surface area contributed by atoms with E-state index in [9.17, 15) is 9.18 Å². The Hall–Kier alpha value is -1.75. The highest BCUT2D eigenvalue weighted by Gasteiger charge is 2.09. The van der Waals surface area contributed by atoms with Crippen LogP contribution in [0.5, 0.6) is 0 Å². The van der Waals surface area contributed by atoms with E-state index in [1.807, 2.05) is 0 Å². The van der Waals surface area contributed by atoms with Gasteiger partial charge in [0.05, 0.1) is 0 Å². The highest BCUT2D eigenvalue weighted by molar-refractivity contribution is 5.86. The van der Waals surface area contributed by atoms with Crippen molar-refractivity contribution in [2.24, 2.45) is 0 Å². The van der Waals surface area contributed by atoms with Crippen LogP contribution in [0.2, 0.25) is 0 Å². The number of benzene rings is 1. The summed E-state index contributed by atoms with van der Waals surface area (Å²) in [5.41, 5.74) is 1.15. The number of rotatable bonds is 3. The van der Waals surface area contributed by atoms with Crippen molar-refractivity contribution in [3.8, 4) is 0 Å². The van der Waals surface area contributed by atoms with E-state index in [1.165, 1.54) is 18.2 Å². The van der Waals surface area contributed by atoms with Crippen molar-refractivity contribution in [2.75, 3.05) is 0 Å². The molecule has 1 N–H and O–H groups in total. The molecule has 0 amide bonds. The lowest BCUT2D eigenvalue weighted by Crippen LogP contribution is -3.00. The molecular weight excluding hydrogens is 301 g/mol. The van der Waals surface area contributed by atoms with Gasteiger partial charge in [-0.3, -0.25) is 0 Å². The van der Waals surface area contributed by atoms with E-state index in [0.717, 1.165) is 5.56 Å². The molecule has 0 aliphatic rings. The fourth-order valence-electron chi connectivity index (χ4n) is 1.55. The third kappa shape index (κ3) is 3.63. The van der Waals surface area contributed by atoms with Gasteiger partial charge in [0.15, 0.2) is 18.9 Å². The molecular formula is C13H11BrFNO2. The first-order valence-corrected chi connectivity index (χ1v) is 5.12. The average molecular weight is 312 g/mol. The molecule has 1 aromatic heterocycles. The van der Waals surface area contributed by atoms with Crippen LogP contribution >= 0.6 is 0 Å². The standard InChI is InChI=1S/C13H10FNO2.BrH/c14-12-5-3-10(4-6-12)8-15-7-1-2-11(9-15)13(16)17;/h1-7,9H,8H2;1H. The third-order valence-electron chi connectivity index (χ3n) is 2.38. The van der Waals surface area contributed by atoms with Crippen molar-refractivity contribution < 1.29 is 35.8 Å². The van der Waals surface area contributed by atoms with Gasteiger partial charge >= 0.3 is 5.97 Å². The lowest BCUT2D eigenvalue weighted by molar-refractivity contribution is -0.688. The van der Waals surface area contributed by atoms with Crippen molar-refractivity contribution in [1.82, 2.24) is 0 Å². The minimum absolute atomic E-state index is 0. The number of pyridine rings is 1. The van der Waals surface area contributed by atoms with Crippen molar-refractivity contribution in [3.63, 3.8) is 0 Å². The van der Waals surface area contributed by atoms with Gasteiger partial charge < -0.3 is 22.1 Å². The predicted molar refractivity (Wildman–Crippen MR) is 59.1 cm³/mol. The molecule has 0 aliphatic heterocycles. The van der Waals surface area contributed by atoms with Crippen LogP contribution in [-0.4, -0.2) is 11.1 Å². The van der Waals surface area contributed by atoms with Gasteiger partial charge in [0.1, 0.15) is 11.4 Å². The van der Waals surface area contributed by atoms with Gasteiger partial charge in [-0.15, -0.1) is 0 Å². The van der Waals surface area contributed by atoms with Crippen LogP contribution in [-0.2, 0) is 6.54 Å². The summed E-state index contributed by atoms with van der Waals surface area (Å²) in [7, 11) is 0. The minimum Gasteiger partial charge on any atom is -1.00 e. The summed E-state index contributed by atoms with van der Waals surface area (Å²) in [5, 5.41) is 8.85. The fourth-order valence-corrected chi connectivity index (χ4v) is 1.55. The molecule has 0 bridgehead atoms.